The molecule has 3 heteroatoms. The second-order valence-corrected chi connectivity index (χ2v) is 5.03. The summed E-state index contributed by atoms with van der Waals surface area (Å²) in [4.78, 5) is -0.0603. The molecule has 1 aromatic rings. The van der Waals surface area contributed by atoms with Crippen LogP contribution in [-0.2, 0) is 11.4 Å². The van der Waals surface area contributed by atoms with Gasteiger partial charge < -0.3 is 0 Å². The smallest absolute Gasteiger partial charge is 0.0727 e. The van der Waals surface area contributed by atoms with Crippen molar-refractivity contribution in [2.75, 3.05) is 0 Å². The Morgan fingerprint density at radius 3 is 2.85 bits per heavy atom. The molecule has 0 saturated heterocycles. The molecule has 0 N–H and O–H groups in total. The predicted octanol–water partition coefficient (Wildman–Crippen LogP) is 2.77. The van der Waals surface area contributed by atoms with Crippen LogP contribution in [-0.4, -0.2) is 9.78 Å². The van der Waals surface area contributed by atoms with Crippen molar-refractivity contribution in [3.63, 3.8) is 0 Å². The van der Waals surface area contributed by atoms with Crippen molar-refractivity contribution in [3.8, 4) is 0 Å². The fourth-order valence-electron chi connectivity index (χ4n) is 1.47. The number of rotatable bonds is 3. The standard InChI is InChI=1S/C10H15ClN2/c1-8(2)6-13-7-9(5-12-13)10(11)3-4-10/h5,7-8H,3-4,6H2,1-2H3. The molecule has 1 saturated carbocycles. The topological polar surface area (TPSA) is 17.8 Å². The molecule has 0 bridgehead atoms. The molecular weight excluding hydrogens is 184 g/mol. The lowest BCUT2D eigenvalue weighted by atomic mass is 10.2. The van der Waals surface area contributed by atoms with Gasteiger partial charge in [0.05, 0.1) is 11.1 Å². The molecule has 0 amide bonds. The molecular formula is C10H15ClN2. The maximum Gasteiger partial charge on any atom is 0.0727 e. The van der Waals surface area contributed by atoms with Crippen molar-refractivity contribution < 1.29 is 0 Å². The van der Waals surface area contributed by atoms with Crippen molar-refractivity contribution in [1.29, 1.82) is 0 Å². The first-order valence-electron chi connectivity index (χ1n) is 4.82. The molecule has 2 nitrogen and oxygen atoms in total. The Morgan fingerprint density at radius 2 is 2.31 bits per heavy atom. The van der Waals surface area contributed by atoms with Gasteiger partial charge in [-0.25, -0.2) is 0 Å². The third-order valence-corrected chi connectivity index (χ3v) is 2.99. The van der Waals surface area contributed by atoms with E-state index in [2.05, 4.69) is 25.1 Å². The largest absolute Gasteiger partial charge is 0.272 e. The van der Waals surface area contributed by atoms with Crippen LogP contribution in [0.4, 0.5) is 0 Å². The Kier molecular flexibility index (Phi) is 2.11. The maximum absolute atomic E-state index is 6.27. The van der Waals surface area contributed by atoms with Gasteiger partial charge in [-0.15, -0.1) is 11.6 Å². The van der Waals surface area contributed by atoms with Gasteiger partial charge in [-0.1, -0.05) is 13.8 Å². The molecule has 13 heavy (non-hydrogen) atoms. The van der Waals surface area contributed by atoms with Crippen molar-refractivity contribution in [2.45, 2.75) is 38.1 Å². The van der Waals surface area contributed by atoms with E-state index in [0.717, 1.165) is 19.4 Å². The average molecular weight is 199 g/mol. The summed E-state index contributed by atoms with van der Waals surface area (Å²) in [5, 5.41) is 4.30. The zero-order chi connectivity index (χ0) is 9.47. The molecule has 0 aliphatic heterocycles. The van der Waals surface area contributed by atoms with Crippen LogP contribution in [0.1, 0.15) is 32.3 Å². The van der Waals surface area contributed by atoms with E-state index in [0.29, 0.717) is 5.92 Å². The second kappa shape index (κ2) is 3.02. The van der Waals surface area contributed by atoms with Crippen molar-refractivity contribution in [1.82, 2.24) is 9.78 Å². The van der Waals surface area contributed by atoms with E-state index >= 15 is 0 Å². The molecule has 0 spiro atoms. The first-order valence-corrected chi connectivity index (χ1v) is 5.20. The molecule has 2 rings (SSSR count). The zero-order valence-electron chi connectivity index (χ0n) is 8.13. The Morgan fingerprint density at radius 1 is 1.62 bits per heavy atom. The average Bonchev–Trinajstić information content (AvgIpc) is 2.62. The van der Waals surface area contributed by atoms with E-state index in [1.54, 1.807) is 0 Å². The molecule has 1 aliphatic carbocycles. The summed E-state index contributed by atoms with van der Waals surface area (Å²) in [6.07, 6.45) is 6.19. The summed E-state index contributed by atoms with van der Waals surface area (Å²) in [6.45, 7) is 5.36. The molecule has 0 radical (unpaired) electrons. The minimum Gasteiger partial charge on any atom is -0.272 e. The SMILES string of the molecule is CC(C)Cn1cc(C2(Cl)CC2)cn1. The van der Waals surface area contributed by atoms with Gasteiger partial charge in [0.25, 0.3) is 0 Å². The Bertz CT molecular complexity index is 300. The quantitative estimate of drug-likeness (QED) is 0.683. The van der Waals surface area contributed by atoms with Gasteiger partial charge in [-0.3, -0.25) is 4.68 Å². The summed E-state index contributed by atoms with van der Waals surface area (Å²) in [5.41, 5.74) is 1.19. The van der Waals surface area contributed by atoms with E-state index in [-0.39, 0.29) is 4.87 Å². The molecule has 1 heterocycles. The van der Waals surface area contributed by atoms with Gasteiger partial charge in [0.2, 0.25) is 0 Å². The van der Waals surface area contributed by atoms with Gasteiger partial charge in [0.15, 0.2) is 0 Å². The predicted molar refractivity (Wildman–Crippen MR) is 53.8 cm³/mol. The normalized spacial score (nSPS) is 19.4. The molecule has 0 aromatic carbocycles. The molecule has 0 unspecified atom stereocenters. The molecule has 1 aromatic heterocycles. The lowest BCUT2D eigenvalue weighted by Gasteiger charge is -2.04. The van der Waals surface area contributed by atoms with Crippen molar-refractivity contribution in [2.24, 2.45) is 5.92 Å². The van der Waals surface area contributed by atoms with Crippen LogP contribution in [0.25, 0.3) is 0 Å². The number of alkyl halides is 1. The van der Waals surface area contributed by atoms with Crippen molar-refractivity contribution in [3.05, 3.63) is 18.0 Å². The van der Waals surface area contributed by atoms with E-state index in [1.807, 2.05) is 10.9 Å². The van der Waals surface area contributed by atoms with E-state index in [1.165, 1.54) is 5.56 Å². The van der Waals surface area contributed by atoms with Crippen LogP contribution < -0.4 is 0 Å². The molecule has 1 fully saturated rings. The maximum atomic E-state index is 6.27. The number of nitrogens with zero attached hydrogens (tertiary/aromatic N) is 2. The highest BCUT2D eigenvalue weighted by atomic mass is 35.5. The number of hydrogen-bond donors (Lipinski definition) is 0. The van der Waals surface area contributed by atoms with Gasteiger partial charge in [0.1, 0.15) is 0 Å². The number of halogens is 1. The summed E-state index contributed by atoms with van der Waals surface area (Å²) in [6, 6.07) is 0. The van der Waals surface area contributed by atoms with Crippen molar-refractivity contribution >= 4 is 11.6 Å². The van der Waals surface area contributed by atoms with Gasteiger partial charge in [-0.2, -0.15) is 5.10 Å². The Balaban J connectivity index is 2.09. The van der Waals surface area contributed by atoms with Crippen LogP contribution in [0.3, 0.4) is 0 Å². The number of aromatic nitrogens is 2. The highest BCUT2D eigenvalue weighted by molar-refractivity contribution is 6.25. The minimum atomic E-state index is -0.0603. The van der Waals surface area contributed by atoms with Gasteiger partial charge in [-0.05, 0) is 18.8 Å². The van der Waals surface area contributed by atoms with Crippen LogP contribution in [0.2, 0.25) is 0 Å². The van der Waals surface area contributed by atoms with Crippen LogP contribution in [0.5, 0.6) is 0 Å². The Labute approximate surface area is 83.9 Å². The van der Waals surface area contributed by atoms with E-state index in [4.69, 9.17) is 11.6 Å². The Hall–Kier alpha value is -0.500. The summed E-state index contributed by atoms with van der Waals surface area (Å²) >= 11 is 6.27. The van der Waals surface area contributed by atoms with E-state index in [9.17, 15) is 0 Å². The highest BCUT2D eigenvalue weighted by Crippen LogP contribution is 2.51. The highest BCUT2D eigenvalue weighted by Gasteiger charge is 2.43. The van der Waals surface area contributed by atoms with Gasteiger partial charge >= 0.3 is 0 Å². The third-order valence-electron chi connectivity index (χ3n) is 2.39. The first-order chi connectivity index (χ1) is 6.10. The molecule has 1 aliphatic rings. The summed E-state index contributed by atoms with van der Waals surface area (Å²) < 4.78 is 1.99. The van der Waals surface area contributed by atoms with Crippen LogP contribution >= 0.6 is 11.6 Å². The summed E-state index contributed by atoms with van der Waals surface area (Å²) in [5.74, 6) is 0.637. The zero-order valence-corrected chi connectivity index (χ0v) is 8.88. The summed E-state index contributed by atoms with van der Waals surface area (Å²) in [7, 11) is 0. The fourth-order valence-corrected chi connectivity index (χ4v) is 1.66. The lowest BCUT2D eigenvalue weighted by Crippen LogP contribution is -2.04. The van der Waals surface area contributed by atoms with Crippen LogP contribution in [0, 0.1) is 5.92 Å². The third kappa shape index (κ3) is 1.88. The second-order valence-electron chi connectivity index (χ2n) is 4.31. The molecule has 72 valence electrons. The fraction of sp³-hybridized carbons (Fsp3) is 0.700. The van der Waals surface area contributed by atoms with Crippen LogP contribution in [0.15, 0.2) is 12.4 Å². The first kappa shape index (κ1) is 9.07. The van der Waals surface area contributed by atoms with E-state index < -0.39 is 0 Å². The van der Waals surface area contributed by atoms with Gasteiger partial charge in [0, 0.05) is 18.3 Å². The monoisotopic (exact) mass is 198 g/mol. The number of hydrogen-bond acceptors (Lipinski definition) is 1. The lowest BCUT2D eigenvalue weighted by molar-refractivity contribution is 0.483. The minimum absolute atomic E-state index is 0.0603. The molecule has 0 atom stereocenters.